The van der Waals surface area contributed by atoms with Gasteiger partial charge in [-0.25, -0.2) is 4.98 Å². The van der Waals surface area contributed by atoms with E-state index >= 15 is 0 Å². The molecule has 1 aliphatic rings. The summed E-state index contributed by atoms with van der Waals surface area (Å²) in [5.41, 5.74) is 2.33. The molecule has 4 rings (SSSR count). The van der Waals surface area contributed by atoms with Crippen molar-refractivity contribution in [2.45, 2.75) is 6.92 Å². The first-order chi connectivity index (χ1) is 17.4. The minimum Gasteiger partial charge on any atom is -0.495 e. The SMILES string of the molecule is COc1cc(C)cc(C(=O)Nc2ccc(Cl)cn2)c1NC(=O)c1ccc(C(=N)N2CCOCC2)cc1. The zero-order chi connectivity index (χ0) is 25.7. The predicted octanol–water partition coefficient (Wildman–Crippen LogP) is 4.21. The molecule has 0 atom stereocenters. The number of carbonyl (C=O) groups excluding carboxylic acids is 2. The van der Waals surface area contributed by atoms with Crippen molar-refractivity contribution < 1.29 is 19.1 Å². The van der Waals surface area contributed by atoms with E-state index in [9.17, 15) is 9.59 Å². The van der Waals surface area contributed by atoms with E-state index in [1.165, 1.54) is 13.3 Å². The second-order valence-corrected chi connectivity index (χ2v) is 8.62. The van der Waals surface area contributed by atoms with Gasteiger partial charge in [-0.15, -0.1) is 0 Å². The molecule has 0 spiro atoms. The molecule has 9 nitrogen and oxygen atoms in total. The fourth-order valence-electron chi connectivity index (χ4n) is 3.79. The predicted molar refractivity (Wildman–Crippen MR) is 139 cm³/mol. The summed E-state index contributed by atoms with van der Waals surface area (Å²) < 4.78 is 10.8. The normalized spacial score (nSPS) is 13.1. The highest BCUT2D eigenvalue weighted by Gasteiger charge is 2.21. The molecule has 2 amide bonds. The van der Waals surface area contributed by atoms with Gasteiger partial charge in [0.2, 0.25) is 0 Å². The van der Waals surface area contributed by atoms with E-state index in [2.05, 4.69) is 15.6 Å². The first-order valence-corrected chi connectivity index (χ1v) is 11.7. The third-order valence-corrected chi connectivity index (χ3v) is 5.89. The number of pyridine rings is 1. The number of carbonyl (C=O) groups is 2. The number of amides is 2. The Balaban J connectivity index is 1.55. The Hall–Kier alpha value is -3.95. The molecule has 186 valence electrons. The summed E-state index contributed by atoms with van der Waals surface area (Å²) >= 11 is 5.87. The molecule has 0 saturated carbocycles. The van der Waals surface area contributed by atoms with Gasteiger partial charge in [0.1, 0.15) is 17.4 Å². The number of anilines is 2. The van der Waals surface area contributed by atoms with Crippen molar-refractivity contribution in [2.75, 3.05) is 44.0 Å². The molecule has 36 heavy (non-hydrogen) atoms. The fourth-order valence-corrected chi connectivity index (χ4v) is 3.90. The van der Waals surface area contributed by atoms with Gasteiger partial charge in [-0.2, -0.15) is 0 Å². The van der Waals surface area contributed by atoms with E-state index in [-0.39, 0.29) is 11.3 Å². The average molecular weight is 508 g/mol. The van der Waals surface area contributed by atoms with Crippen LogP contribution in [0.15, 0.2) is 54.7 Å². The smallest absolute Gasteiger partial charge is 0.259 e. The van der Waals surface area contributed by atoms with Gasteiger partial charge in [-0.05, 0) is 48.9 Å². The van der Waals surface area contributed by atoms with E-state index in [0.29, 0.717) is 59.9 Å². The standard InChI is InChI=1S/C26H26ClN5O4/c1-16-13-20(26(34)30-22-8-7-19(27)15-29-22)23(21(14-16)35-2)31-25(33)18-5-3-17(4-6-18)24(28)32-9-11-36-12-10-32/h3-8,13-15,28H,9-12H2,1-2H3,(H,31,33)(H,29,30,34). The zero-order valence-corrected chi connectivity index (χ0v) is 20.7. The number of aryl methyl sites for hydroxylation is 1. The van der Waals surface area contributed by atoms with Crippen molar-refractivity contribution in [1.82, 2.24) is 9.88 Å². The van der Waals surface area contributed by atoms with Crippen molar-refractivity contribution in [3.63, 3.8) is 0 Å². The number of nitrogens with one attached hydrogen (secondary N) is 3. The first-order valence-electron chi connectivity index (χ1n) is 11.3. The Morgan fingerprint density at radius 3 is 2.36 bits per heavy atom. The van der Waals surface area contributed by atoms with Crippen LogP contribution < -0.4 is 15.4 Å². The van der Waals surface area contributed by atoms with Crippen LogP contribution in [0.5, 0.6) is 5.75 Å². The minimum absolute atomic E-state index is 0.225. The molecule has 1 aliphatic heterocycles. The Kier molecular flexibility index (Phi) is 7.82. The van der Waals surface area contributed by atoms with Gasteiger partial charge in [0, 0.05) is 30.4 Å². The second kappa shape index (κ2) is 11.2. The molecule has 1 aromatic heterocycles. The molecule has 1 fully saturated rings. The Labute approximate surface area is 213 Å². The van der Waals surface area contributed by atoms with Gasteiger partial charge < -0.3 is 25.0 Å². The number of rotatable bonds is 6. The number of halogens is 1. The number of nitrogens with zero attached hydrogens (tertiary/aromatic N) is 2. The largest absolute Gasteiger partial charge is 0.495 e. The van der Waals surface area contributed by atoms with Crippen LogP contribution in [-0.4, -0.2) is 60.9 Å². The lowest BCUT2D eigenvalue weighted by molar-refractivity contribution is 0.0680. The molecule has 0 unspecified atom stereocenters. The molecule has 3 aromatic rings. The number of methoxy groups -OCH3 is 1. The quantitative estimate of drug-likeness (QED) is 0.340. The minimum atomic E-state index is -0.462. The third-order valence-electron chi connectivity index (χ3n) is 5.67. The van der Waals surface area contributed by atoms with Gasteiger partial charge in [0.15, 0.2) is 0 Å². The summed E-state index contributed by atoms with van der Waals surface area (Å²) in [6.45, 7) is 4.32. The maximum Gasteiger partial charge on any atom is 0.259 e. The van der Waals surface area contributed by atoms with Crippen molar-refractivity contribution in [3.8, 4) is 5.75 Å². The summed E-state index contributed by atoms with van der Waals surface area (Å²) in [4.78, 5) is 32.2. The molecular weight excluding hydrogens is 482 g/mol. The van der Waals surface area contributed by atoms with E-state index in [1.807, 2.05) is 11.8 Å². The van der Waals surface area contributed by atoms with Crippen LogP contribution in [0.25, 0.3) is 0 Å². The van der Waals surface area contributed by atoms with Gasteiger partial charge in [-0.3, -0.25) is 15.0 Å². The highest BCUT2D eigenvalue weighted by Crippen LogP contribution is 2.31. The maximum absolute atomic E-state index is 13.1. The van der Waals surface area contributed by atoms with Crippen LogP contribution in [0.3, 0.4) is 0 Å². The molecule has 0 radical (unpaired) electrons. The van der Waals surface area contributed by atoms with E-state index in [4.69, 9.17) is 26.5 Å². The monoisotopic (exact) mass is 507 g/mol. The number of benzene rings is 2. The highest BCUT2D eigenvalue weighted by molar-refractivity contribution is 6.30. The Bertz CT molecular complexity index is 1270. The lowest BCUT2D eigenvalue weighted by Crippen LogP contribution is -2.40. The first kappa shape index (κ1) is 25.2. The number of aromatic nitrogens is 1. The molecule has 0 aliphatic carbocycles. The van der Waals surface area contributed by atoms with Crippen LogP contribution in [0, 0.1) is 12.3 Å². The van der Waals surface area contributed by atoms with Crippen molar-refractivity contribution in [1.29, 1.82) is 5.41 Å². The zero-order valence-electron chi connectivity index (χ0n) is 19.9. The maximum atomic E-state index is 13.1. The molecule has 1 saturated heterocycles. The number of morpholine rings is 1. The number of ether oxygens (including phenoxy) is 2. The molecule has 2 aromatic carbocycles. The summed E-state index contributed by atoms with van der Waals surface area (Å²) in [5.74, 6) is 0.181. The van der Waals surface area contributed by atoms with Crippen LogP contribution >= 0.6 is 11.6 Å². The Morgan fingerprint density at radius 1 is 1.03 bits per heavy atom. The average Bonchev–Trinajstić information content (AvgIpc) is 2.90. The van der Waals surface area contributed by atoms with Crippen molar-refractivity contribution >= 4 is 40.8 Å². The van der Waals surface area contributed by atoms with Crippen molar-refractivity contribution in [3.05, 3.63) is 82.0 Å². The molecule has 3 N–H and O–H groups in total. The van der Waals surface area contributed by atoms with E-state index in [0.717, 1.165) is 5.56 Å². The molecule has 0 bridgehead atoms. The summed E-state index contributed by atoms with van der Waals surface area (Å²) in [5, 5.41) is 14.4. The Morgan fingerprint density at radius 2 is 1.72 bits per heavy atom. The van der Waals surface area contributed by atoms with Gasteiger partial charge in [0.25, 0.3) is 11.8 Å². The fraction of sp³-hybridized carbons (Fsp3) is 0.231. The summed E-state index contributed by atoms with van der Waals surface area (Å²) in [6, 6.07) is 13.4. The number of hydrogen-bond acceptors (Lipinski definition) is 6. The van der Waals surface area contributed by atoms with Gasteiger partial charge in [-0.1, -0.05) is 23.7 Å². The molecule has 2 heterocycles. The van der Waals surface area contributed by atoms with Crippen LogP contribution in [-0.2, 0) is 4.74 Å². The molecular formula is C26H26ClN5O4. The highest BCUT2D eigenvalue weighted by atomic mass is 35.5. The van der Waals surface area contributed by atoms with E-state index < -0.39 is 11.8 Å². The van der Waals surface area contributed by atoms with E-state index in [1.54, 1.807) is 48.5 Å². The van der Waals surface area contributed by atoms with Gasteiger partial charge in [0.05, 0.1) is 36.6 Å². The summed E-state index contributed by atoms with van der Waals surface area (Å²) in [6.07, 6.45) is 1.43. The second-order valence-electron chi connectivity index (χ2n) is 8.19. The molecule has 10 heteroatoms. The summed E-state index contributed by atoms with van der Waals surface area (Å²) in [7, 11) is 1.47. The van der Waals surface area contributed by atoms with Crippen LogP contribution in [0.1, 0.15) is 31.8 Å². The third kappa shape index (κ3) is 5.81. The van der Waals surface area contributed by atoms with Crippen LogP contribution in [0.2, 0.25) is 5.02 Å². The lowest BCUT2D eigenvalue weighted by Gasteiger charge is -2.29. The van der Waals surface area contributed by atoms with Gasteiger partial charge >= 0.3 is 0 Å². The topological polar surface area (TPSA) is 117 Å². The number of amidine groups is 1. The van der Waals surface area contributed by atoms with Crippen molar-refractivity contribution in [2.24, 2.45) is 0 Å². The van der Waals surface area contributed by atoms with Crippen LogP contribution in [0.4, 0.5) is 11.5 Å². The lowest BCUT2D eigenvalue weighted by atomic mass is 10.1. The number of hydrogen-bond donors (Lipinski definition) is 3.